The maximum Gasteiger partial charge on any atom is 0.258 e. The lowest BCUT2D eigenvalue weighted by atomic mass is 10.1. The monoisotopic (exact) mass is 306 g/mol. The van der Waals surface area contributed by atoms with E-state index in [-0.39, 0.29) is 28.1 Å². The summed E-state index contributed by atoms with van der Waals surface area (Å²) in [6.07, 6.45) is 0. The lowest BCUT2D eigenvalue weighted by Gasteiger charge is -2.06. The smallest absolute Gasteiger partial charge is 0.258 e. The van der Waals surface area contributed by atoms with Crippen LogP contribution in [-0.4, -0.2) is 28.9 Å². The number of hydrogen-bond acceptors (Lipinski definition) is 5. The van der Waals surface area contributed by atoms with Crippen LogP contribution in [0, 0.1) is 0 Å². The van der Waals surface area contributed by atoms with E-state index in [0.717, 1.165) is 0 Å². The summed E-state index contributed by atoms with van der Waals surface area (Å²) in [4.78, 5) is 31.0. The Morgan fingerprint density at radius 2 is 1.95 bits per heavy atom. The Bertz CT molecular complexity index is 706. The summed E-state index contributed by atoms with van der Waals surface area (Å²) in [5, 5.41) is 2.59. The van der Waals surface area contributed by atoms with E-state index in [0.29, 0.717) is 0 Å². The molecular weight excluding hydrogens is 296 g/mol. The van der Waals surface area contributed by atoms with Crippen molar-refractivity contribution < 1.29 is 14.3 Å². The maximum atomic E-state index is 12.1. The fourth-order valence-electron chi connectivity index (χ4n) is 1.54. The number of carbonyl (C=O) groups is 2. The third-order valence-corrected chi connectivity index (χ3v) is 2.71. The molecule has 0 fully saturated rings. The average Bonchev–Trinajstić information content (AvgIpc) is 2.46. The number of nitrogens with two attached hydrogens (primary N) is 1. The van der Waals surface area contributed by atoms with Crippen molar-refractivity contribution in [2.75, 3.05) is 12.4 Å². The number of rotatable bonds is 4. The SMILES string of the molecule is COc1cc(Cl)nc(NC(=O)c2cccc(C(N)=O)c2)n1. The summed E-state index contributed by atoms with van der Waals surface area (Å²) in [6, 6.07) is 7.38. The van der Waals surface area contributed by atoms with Gasteiger partial charge in [-0.25, -0.2) is 4.98 Å². The number of nitrogens with zero attached hydrogens (tertiary/aromatic N) is 2. The Morgan fingerprint density at radius 3 is 2.62 bits per heavy atom. The van der Waals surface area contributed by atoms with Crippen LogP contribution in [0.5, 0.6) is 5.88 Å². The molecule has 7 nitrogen and oxygen atoms in total. The molecule has 0 radical (unpaired) electrons. The van der Waals surface area contributed by atoms with Crippen LogP contribution in [0.15, 0.2) is 30.3 Å². The predicted octanol–water partition coefficient (Wildman–Crippen LogP) is 1.49. The number of hydrogen-bond donors (Lipinski definition) is 2. The van der Waals surface area contributed by atoms with E-state index >= 15 is 0 Å². The molecule has 0 aliphatic heterocycles. The minimum Gasteiger partial charge on any atom is -0.481 e. The molecule has 1 heterocycles. The summed E-state index contributed by atoms with van der Waals surface area (Å²) < 4.78 is 4.93. The van der Waals surface area contributed by atoms with Crippen molar-refractivity contribution in [3.05, 3.63) is 46.6 Å². The van der Waals surface area contributed by atoms with Crippen molar-refractivity contribution >= 4 is 29.4 Å². The first kappa shape index (κ1) is 14.7. The van der Waals surface area contributed by atoms with Gasteiger partial charge in [0.05, 0.1) is 7.11 Å². The summed E-state index contributed by atoms with van der Waals surface area (Å²) in [5.74, 6) is -0.905. The maximum absolute atomic E-state index is 12.1. The van der Waals surface area contributed by atoms with Gasteiger partial charge in [0.1, 0.15) is 5.15 Å². The number of halogens is 1. The molecule has 0 aliphatic rings. The molecule has 0 saturated heterocycles. The molecular formula is C13H11ClN4O3. The van der Waals surface area contributed by atoms with Crippen molar-refractivity contribution in [3.8, 4) is 5.88 Å². The zero-order valence-electron chi connectivity index (χ0n) is 11.0. The quantitative estimate of drug-likeness (QED) is 0.832. The average molecular weight is 307 g/mol. The number of methoxy groups -OCH3 is 1. The number of primary amides is 1. The number of benzene rings is 1. The van der Waals surface area contributed by atoms with Crippen molar-refractivity contribution in [3.63, 3.8) is 0 Å². The van der Waals surface area contributed by atoms with Crippen LogP contribution < -0.4 is 15.8 Å². The van der Waals surface area contributed by atoms with Gasteiger partial charge in [-0.3, -0.25) is 14.9 Å². The van der Waals surface area contributed by atoms with Crippen LogP contribution in [-0.2, 0) is 0 Å². The minimum atomic E-state index is -0.620. The second-order valence-corrected chi connectivity index (χ2v) is 4.34. The van der Waals surface area contributed by atoms with Crippen LogP contribution in [0.4, 0.5) is 5.95 Å². The van der Waals surface area contributed by atoms with Gasteiger partial charge in [-0.15, -0.1) is 0 Å². The summed E-state index contributed by atoms with van der Waals surface area (Å²) >= 11 is 5.78. The Morgan fingerprint density at radius 1 is 1.24 bits per heavy atom. The van der Waals surface area contributed by atoms with Crippen LogP contribution in [0.3, 0.4) is 0 Å². The van der Waals surface area contributed by atoms with Crippen LogP contribution in [0.1, 0.15) is 20.7 Å². The number of aromatic nitrogens is 2. The molecule has 1 aromatic carbocycles. The minimum absolute atomic E-state index is 0.00571. The van der Waals surface area contributed by atoms with E-state index in [1.165, 1.54) is 31.4 Å². The number of nitrogens with one attached hydrogen (secondary N) is 1. The number of carbonyl (C=O) groups excluding carboxylic acids is 2. The first-order valence-electron chi connectivity index (χ1n) is 5.79. The van der Waals surface area contributed by atoms with Gasteiger partial charge in [-0.05, 0) is 18.2 Å². The number of amides is 2. The molecule has 0 saturated carbocycles. The van der Waals surface area contributed by atoms with Crippen molar-refractivity contribution in [2.24, 2.45) is 5.73 Å². The Hall–Kier alpha value is -2.67. The highest BCUT2D eigenvalue weighted by Gasteiger charge is 2.11. The molecule has 0 spiro atoms. The molecule has 0 aliphatic carbocycles. The highest BCUT2D eigenvalue weighted by atomic mass is 35.5. The fourth-order valence-corrected chi connectivity index (χ4v) is 1.72. The molecule has 8 heteroatoms. The van der Waals surface area contributed by atoms with Crippen LogP contribution >= 0.6 is 11.6 Å². The van der Waals surface area contributed by atoms with Gasteiger partial charge in [0, 0.05) is 17.2 Å². The normalized spacial score (nSPS) is 10.0. The van der Waals surface area contributed by atoms with E-state index in [4.69, 9.17) is 22.1 Å². The van der Waals surface area contributed by atoms with Gasteiger partial charge in [0.15, 0.2) is 0 Å². The topological polar surface area (TPSA) is 107 Å². The summed E-state index contributed by atoms with van der Waals surface area (Å²) in [6.45, 7) is 0. The fraction of sp³-hybridized carbons (Fsp3) is 0.0769. The van der Waals surface area contributed by atoms with E-state index in [2.05, 4.69) is 15.3 Å². The van der Waals surface area contributed by atoms with Gasteiger partial charge in [0.25, 0.3) is 5.91 Å². The van der Waals surface area contributed by atoms with Gasteiger partial charge in [0.2, 0.25) is 17.7 Å². The molecule has 108 valence electrons. The van der Waals surface area contributed by atoms with Gasteiger partial charge in [-0.2, -0.15) is 4.98 Å². The Kier molecular flexibility index (Phi) is 4.34. The van der Waals surface area contributed by atoms with Gasteiger partial charge in [-0.1, -0.05) is 17.7 Å². The molecule has 2 aromatic rings. The second kappa shape index (κ2) is 6.19. The number of anilines is 1. The van der Waals surface area contributed by atoms with Crippen molar-refractivity contribution in [2.45, 2.75) is 0 Å². The van der Waals surface area contributed by atoms with E-state index < -0.39 is 11.8 Å². The highest BCUT2D eigenvalue weighted by molar-refractivity contribution is 6.29. The van der Waals surface area contributed by atoms with Crippen LogP contribution in [0.2, 0.25) is 5.15 Å². The van der Waals surface area contributed by atoms with Gasteiger partial charge >= 0.3 is 0 Å². The lowest BCUT2D eigenvalue weighted by molar-refractivity contribution is 0.1000. The lowest BCUT2D eigenvalue weighted by Crippen LogP contribution is -2.16. The zero-order valence-corrected chi connectivity index (χ0v) is 11.7. The second-order valence-electron chi connectivity index (χ2n) is 3.96. The third-order valence-electron chi connectivity index (χ3n) is 2.52. The van der Waals surface area contributed by atoms with Crippen LogP contribution in [0.25, 0.3) is 0 Å². The zero-order chi connectivity index (χ0) is 15.4. The van der Waals surface area contributed by atoms with E-state index in [1.54, 1.807) is 6.07 Å². The van der Waals surface area contributed by atoms with Crippen molar-refractivity contribution in [1.82, 2.24) is 9.97 Å². The highest BCUT2D eigenvalue weighted by Crippen LogP contribution is 2.16. The Balaban J connectivity index is 2.23. The largest absolute Gasteiger partial charge is 0.481 e. The standard InChI is InChI=1S/C13H11ClN4O3/c1-21-10-6-9(14)16-13(17-10)18-12(20)8-4-2-3-7(5-8)11(15)19/h2-6H,1H3,(H2,15,19)(H,16,17,18,20). The summed E-state index contributed by atoms with van der Waals surface area (Å²) in [7, 11) is 1.42. The molecule has 0 atom stereocenters. The molecule has 1 aromatic heterocycles. The predicted molar refractivity (Wildman–Crippen MR) is 76.5 cm³/mol. The summed E-state index contributed by atoms with van der Waals surface area (Å²) in [5.41, 5.74) is 5.64. The molecule has 2 amide bonds. The van der Waals surface area contributed by atoms with Crippen molar-refractivity contribution in [1.29, 1.82) is 0 Å². The molecule has 2 rings (SSSR count). The first-order valence-corrected chi connectivity index (χ1v) is 6.17. The third kappa shape index (κ3) is 3.67. The molecule has 0 unspecified atom stereocenters. The first-order chi connectivity index (χ1) is 9.99. The molecule has 3 N–H and O–H groups in total. The number of ether oxygens (including phenoxy) is 1. The van der Waals surface area contributed by atoms with E-state index in [1.807, 2.05) is 0 Å². The molecule has 21 heavy (non-hydrogen) atoms. The molecule has 0 bridgehead atoms. The Labute approximate surface area is 125 Å². The van der Waals surface area contributed by atoms with Gasteiger partial charge < -0.3 is 10.5 Å². The van der Waals surface area contributed by atoms with E-state index in [9.17, 15) is 9.59 Å².